The minimum atomic E-state index is 0.601. The normalized spacial score (nSPS) is 11.0. The molecule has 3 aromatic rings. The Kier molecular flexibility index (Phi) is 5.43. The summed E-state index contributed by atoms with van der Waals surface area (Å²) < 4.78 is 13.1. The first-order valence-corrected chi connectivity index (χ1v) is 8.77. The van der Waals surface area contributed by atoms with Gasteiger partial charge in [0.05, 0.1) is 25.1 Å². The van der Waals surface area contributed by atoms with Gasteiger partial charge in [-0.2, -0.15) is 0 Å². The van der Waals surface area contributed by atoms with Gasteiger partial charge in [0.25, 0.3) is 0 Å². The third-order valence-electron chi connectivity index (χ3n) is 4.23. The van der Waals surface area contributed by atoms with Crippen molar-refractivity contribution < 1.29 is 9.47 Å². The van der Waals surface area contributed by atoms with Crippen molar-refractivity contribution in [3.05, 3.63) is 42.7 Å². The van der Waals surface area contributed by atoms with Gasteiger partial charge in [-0.15, -0.1) is 0 Å². The summed E-state index contributed by atoms with van der Waals surface area (Å²) >= 11 is 0. The van der Waals surface area contributed by atoms with Crippen LogP contribution in [-0.2, 0) is 0 Å². The highest BCUT2D eigenvalue weighted by Gasteiger charge is 2.10. The van der Waals surface area contributed by atoms with Gasteiger partial charge in [-0.1, -0.05) is 26.2 Å². The molecule has 25 heavy (non-hydrogen) atoms. The average molecular weight is 339 g/mol. The fraction of sp³-hybridized carbons (Fsp3) is 0.350. The first-order valence-electron chi connectivity index (χ1n) is 8.77. The summed E-state index contributed by atoms with van der Waals surface area (Å²) in [5.41, 5.74) is 9.25. The van der Waals surface area contributed by atoms with Crippen LogP contribution in [0.5, 0.6) is 11.5 Å². The number of aromatic nitrogens is 2. The van der Waals surface area contributed by atoms with E-state index in [2.05, 4.69) is 6.92 Å². The van der Waals surface area contributed by atoms with Crippen LogP contribution in [0.3, 0.4) is 0 Å². The fourth-order valence-corrected chi connectivity index (χ4v) is 2.84. The average Bonchev–Trinajstić information content (AvgIpc) is 3.06. The zero-order valence-electron chi connectivity index (χ0n) is 14.9. The highest BCUT2D eigenvalue weighted by atomic mass is 16.5. The Morgan fingerprint density at radius 2 is 2.00 bits per heavy atom. The van der Waals surface area contributed by atoms with Gasteiger partial charge in [-0.3, -0.25) is 0 Å². The second kappa shape index (κ2) is 7.92. The smallest absolute Gasteiger partial charge is 0.180 e. The summed E-state index contributed by atoms with van der Waals surface area (Å²) in [6.07, 6.45) is 8.70. The quantitative estimate of drug-likeness (QED) is 0.483. The van der Waals surface area contributed by atoms with Crippen molar-refractivity contribution in [2.45, 2.75) is 32.6 Å². The lowest BCUT2D eigenvalue weighted by Crippen LogP contribution is -1.99. The molecule has 5 heteroatoms. The van der Waals surface area contributed by atoms with E-state index in [1.54, 1.807) is 7.11 Å². The number of nitrogen functional groups attached to an aromatic ring is 1. The molecule has 0 amide bonds. The molecule has 0 aliphatic heterocycles. The topological polar surface area (TPSA) is 61.8 Å². The molecule has 3 rings (SSSR count). The largest absolute Gasteiger partial charge is 0.495 e. The van der Waals surface area contributed by atoms with Crippen molar-refractivity contribution in [2.75, 3.05) is 19.5 Å². The second-order valence-electron chi connectivity index (χ2n) is 6.10. The van der Waals surface area contributed by atoms with Crippen molar-refractivity contribution in [1.82, 2.24) is 9.38 Å². The Labute approximate surface area is 148 Å². The van der Waals surface area contributed by atoms with Crippen molar-refractivity contribution in [1.29, 1.82) is 0 Å². The lowest BCUT2D eigenvalue weighted by atomic mass is 10.1. The second-order valence-corrected chi connectivity index (χ2v) is 6.10. The van der Waals surface area contributed by atoms with E-state index < -0.39 is 0 Å². The van der Waals surface area contributed by atoms with E-state index in [1.165, 1.54) is 19.3 Å². The van der Waals surface area contributed by atoms with E-state index in [9.17, 15) is 0 Å². The molecule has 2 N–H and O–H groups in total. The van der Waals surface area contributed by atoms with E-state index in [0.717, 1.165) is 35.7 Å². The number of unbranched alkanes of at least 4 members (excludes halogenated alkanes) is 3. The maximum Gasteiger partial charge on any atom is 0.180 e. The van der Waals surface area contributed by atoms with E-state index >= 15 is 0 Å². The predicted octanol–water partition coefficient (Wildman–Crippen LogP) is 4.55. The van der Waals surface area contributed by atoms with Crippen LogP contribution in [0.15, 0.2) is 42.7 Å². The van der Waals surface area contributed by atoms with Gasteiger partial charge in [0.1, 0.15) is 5.75 Å². The predicted molar refractivity (Wildman–Crippen MR) is 101 cm³/mol. The zero-order chi connectivity index (χ0) is 17.6. The molecule has 0 saturated heterocycles. The Bertz CT molecular complexity index is 842. The molecule has 0 saturated carbocycles. The first kappa shape index (κ1) is 17.1. The molecular formula is C20H25N3O2. The molecule has 2 aromatic heterocycles. The molecule has 0 aliphatic rings. The highest BCUT2D eigenvalue weighted by molar-refractivity contribution is 5.71. The Hall–Kier alpha value is -2.69. The summed E-state index contributed by atoms with van der Waals surface area (Å²) in [5.74, 6) is 1.48. The molecule has 0 unspecified atom stereocenters. The van der Waals surface area contributed by atoms with Gasteiger partial charge in [0, 0.05) is 18.0 Å². The van der Waals surface area contributed by atoms with Crippen LogP contribution in [0.25, 0.3) is 16.9 Å². The molecular weight excluding hydrogens is 314 g/mol. The van der Waals surface area contributed by atoms with Crippen molar-refractivity contribution in [2.24, 2.45) is 0 Å². The summed E-state index contributed by atoms with van der Waals surface area (Å²) in [6.45, 7) is 2.93. The zero-order valence-corrected chi connectivity index (χ0v) is 14.9. The highest BCUT2D eigenvalue weighted by Crippen LogP contribution is 2.29. The van der Waals surface area contributed by atoms with Crippen molar-refractivity contribution in [3.8, 4) is 22.8 Å². The number of ether oxygens (including phenoxy) is 2. The minimum Gasteiger partial charge on any atom is -0.495 e. The van der Waals surface area contributed by atoms with E-state index in [4.69, 9.17) is 20.2 Å². The van der Waals surface area contributed by atoms with Gasteiger partial charge >= 0.3 is 0 Å². The molecule has 0 bridgehead atoms. The lowest BCUT2D eigenvalue weighted by Gasteiger charge is -2.06. The standard InChI is InChI=1S/C20H25N3O2/c1-3-4-5-6-12-25-19-8-7-11-23-14-17(22-20(19)23)15-9-10-18(24-2)16(21)13-15/h7-11,13-14H,3-6,12,21H2,1-2H3. The Morgan fingerprint density at radius 3 is 2.76 bits per heavy atom. The number of anilines is 1. The molecule has 0 atom stereocenters. The summed E-state index contributed by atoms with van der Waals surface area (Å²) in [4.78, 5) is 4.74. The summed E-state index contributed by atoms with van der Waals surface area (Å²) in [6, 6.07) is 9.64. The third kappa shape index (κ3) is 3.87. The molecule has 0 radical (unpaired) electrons. The lowest BCUT2D eigenvalue weighted by molar-refractivity contribution is 0.307. The van der Waals surface area contributed by atoms with Crippen LogP contribution in [0, 0.1) is 0 Å². The number of pyridine rings is 1. The fourth-order valence-electron chi connectivity index (χ4n) is 2.84. The van der Waals surface area contributed by atoms with Gasteiger partial charge in [-0.05, 0) is 36.8 Å². The third-order valence-corrected chi connectivity index (χ3v) is 4.23. The Morgan fingerprint density at radius 1 is 1.12 bits per heavy atom. The SMILES string of the molecule is CCCCCCOc1cccn2cc(-c3ccc(OC)c(N)c3)nc12. The van der Waals surface area contributed by atoms with Crippen molar-refractivity contribution >= 4 is 11.3 Å². The van der Waals surface area contributed by atoms with Gasteiger partial charge in [0.15, 0.2) is 11.4 Å². The van der Waals surface area contributed by atoms with Gasteiger partial charge in [-0.25, -0.2) is 4.98 Å². The maximum atomic E-state index is 6.01. The van der Waals surface area contributed by atoms with Crippen molar-refractivity contribution in [3.63, 3.8) is 0 Å². The number of benzene rings is 1. The molecule has 0 fully saturated rings. The summed E-state index contributed by atoms with van der Waals surface area (Å²) in [5, 5.41) is 0. The van der Waals surface area contributed by atoms with Gasteiger partial charge < -0.3 is 19.6 Å². The molecule has 1 aromatic carbocycles. The monoisotopic (exact) mass is 339 g/mol. The number of nitrogens with two attached hydrogens (primary N) is 1. The van der Waals surface area contributed by atoms with Gasteiger partial charge in [0.2, 0.25) is 0 Å². The van der Waals surface area contributed by atoms with Crippen LogP contribution in [0.4, 0.5) is 5.69 Å². The van der Waals surface area contributed by atoms with Crippen LogP contribution < -0.4 is 15.2 Å². The van der Waals surface area contributed by atoms with Crippen LogP contribution in [0.1, 0.15) is 32.6 Å². The number of rotatable bonds is 8. The number of imidazole rings is 1. The molecule has 0 aliphatic carbocycles. The van der Waals surface area contributed by atoms with Crippen LogP contribution in [-0.4, -0.2) is 23.1 Å². The molecule has 5 nitrogen and oxygen atoms in total. The first-order chi connectivity index (χ1) is 12.2. The number of hydrogen-bond donors (Lipinski definition) is 1. The van der Waals surface area contributed by atoms with E-state index in [0.29, 0.717) is 11.4 Å². The molecule has 132 valence electrons. The number of nitrogens with zero attached hydrogens (tertiary/aromatic N) is 2. The maximum absolute atomic E-state index is 6.01. The minimum absolute atomic E-state index is 0.601. The number of fused-ring (bicyclic) bond motifs is 1. The van der Waals surface area contributed by atoms with Crippen LogP contribution >= 0.6 is 0 Å². The molecule has 2 heterocycles. The number of hydrogen-bond acceptors (Lipinski definition) is 4. The Balaban J connectivity index is 1.82. The van der Waals surface area contributed by atoms with Crippen LogP contribution in [0.2, 0.25) is 0 Å². The van der Waals surface area contributed by atoms with E-state index in [1.807, 2.05) is 47.1 Å². The number of methoxy groups -OCH3 is 1. The van der Waals surface area contributed by atoms with E-state index in [-0.39, 0.29) is 0 Å². The summed E-state index contributed by atoms with van der Waals surface area (Å²) in [7, 11) is 1.61. The molecule has 0 spiro atoms.